The zero-order valence-corrected chi connectivity index (χ0v) is 27.7. The molecule has 0 aromatic heterocycles. The van der Waals surface area contributed by atoms with Gasteiger partial charge in [-0.2, -0.15) is 0 Å². The summed E-state index contributed by atoms with van der Waals surface area (Å²) in [5, 5.41) is 41.7. The molecule has 0 aliphatic heterocycles. The van der Waals surface area contributed by atoms with Gasteiger partial charge in [-0.15, -0.1) is 0 Å². The Labute approximate surface area is 278 Å². The first-order valence-electron chi connectivity index (χ1n) is 10.7. The van der Waals surface area contributed by atoms with Gasteiger partial charge in [0.05, 0.1) is 23.9 Å². The van der Waals surface area contributed by atoms with Crippen LogP contribution >= 0.6 is 46.4 Å². The zero-order valence-electron chi connectivity index (χ0n) is 20.5. The molecule has 0 atom stereocenters. The van der Waals surface area contributed by atoms with Crippen molar-refractivity contribution in [2.24, 2.45) is 0 Å². The standard InChI is InChI=1S/4C7H5ClO2.U/c4*8-6-4-2-1-3-5(6)7(9)10;/h4*1-4H,(H,9,10);/q;;;;+4/p-4. The van der Waals surface area contributed by atoms with Crippen LogP contribution in [0, 0.1) is 31.1 Å². The van der Waals surface area contributed by atoms with Crippen molar-refractivity contribution in [2.75, 3.05) is 0 Å². The van der Waals surface area contributed by atoms with E-state index in [4.69, 9.17) is 46.4 Å². The maximum Gasteiger partial charge on any atom is 4.00 e. The first-order valence-corrected chi connectivity index (χ1v) is 12.2. The molecule has 4 rings (SSSR count). The van der Waals surface area contributed by atoms with Crippen LogP contribution in [-0.2, 0) is 0 Å². The van der Waals surface area contributed by atoms with Crippen LogP contribution in [0.25, 0.3) is 0 Å². The van der Waals surface area contributed by atoms with E-state index in [0.29, 0.717) is 0 Å². The minimum absolute atomic E-state index is 0. The minimum Gasteiger partial charge on any atom is -0.545 e. The normalized spacial score (nSPS) is 9.07. The predicted octanol–water partition coefficient (Wildman–Crippen LogP) is 2.81. The quantitative estimate of drug-likeness (QED) is 0.303. The Balaban J connectivity index is 0.000000516. The molecule has 4 aromatic rings. The van der Waals surface area contributed by atoms with Gasteiger partial charge in [-0.3, -0.25) is 0 Å². The van der Waals surface area contributed by atoms with E-state index in [1.54, 1.807) is 48.5 Å². The molecule has 0 unspecified atom stereocenters. The predicted molar refractivity (Wildman–Crippen MR) is 143 cm³/mol. The maximum atomic E-state index is 10.2. The molecule has 0 spiro atoms. The zero-order chi connectivity index (χ0) is 30.2. The summed E-state index contributed by atoms with van der Waals surface area (Å²) in [6.07, 6.45) is 0. The van der Waals surface area contributed by atoms with E-state index in [9.17, 15) is 39.6 Å². The first kappa shape index (κ1) is 38.0. The van der Waals surface area contributed by atoms with Crippen LogP contribution in [0.1, 0.15) is 41.4 Å². The van der Waals surface area contributed by atoms with Gasteiger partial charge in [0.15, 0.2) is 0 Å². The fourth-order valence-electron chi connectivity index (χ4n) is 2.51. The fourth-order valence-corrected chi connectivity index (χ4v) is 3.36. The van der Waals surface area contributed by atoms with Gasteiger partial charge in [0, 0.05) is 42.3 Å². The summed E-state index contributed by atoms with van der Waals surface area (Å²) in [6, 6.07) is 24.7. The molecule has 13 heteroatoms. The summed E-state index contributed by atoms with van der Waals surface area (Å²) in [6.45, 7) is 0. The van der Waals surface area contributed by atoms with Crippen LogP contribution in [0.5, 0.6) is 0 Å². The largest absolute Gasteiger partial charge is 4.00 e. The Morgan fingerprint density at radius 2 is 0.512 bits per heavy atom. The third kappa shape index (κ3) is 13.9. The molecule has 0 saturated carbocycles. The number of hydrogen-bond donors (Lipinski definition) is 0. The van der Waals surface area contributed by atoms with Crippen LogP contribution < -0.4 is 20.4 Å². The molecule has 0 bridgehead atoms. The summed E-state index contributed by atoms with van der Waals surface area (Å²) in [4.78, 5) is 40.9. The Morgan fingerprint density at radius 3 is 0.610 bits per heavy atom. The molecular weight excluding hydrogens is 844 g/mol. The molecule has 8 nitrogen and oxygen atoms in total. The van der Waals surface area contributed by atoms with Gasteiger partial charge >= 0.3 is 31.1 Å². The topological polar surface area (TPSA) is 161 Å². The number of carbonyl (C=O) groups excluding carboxylic acids is 4. The van der Waals surface area contributed by atoms with Crippen molar-refractivity contribution in [1.82, 2.24) is 0 Å². The van der Waals surface area contributed by atoms with Gasteiger partial charge in [-0.1, -0.05) is 119 Å². The van der Waals surface area contributed by atoms with E-state index >= 15 is 0 Å². The van der Waals surface area contributed by atoms with Crippen molar-refractivity contribution in [1.29, 1.82) is 0 Å². The molecule has 0 aliphatic carbocycles. The molecule has 0 heterocycles. The fraction of sp³-hybridized carbons (Fsp3) is 0. The molecule has 0 aliphatic rings. The van der Waals surface area contributed by atoms with Crippen LogP contribution in [0.15, 0.2) is 97.1 Å². The second kappa shape index (κ2) is 19.9. The van der Waals surface area contributed by atoms with E-state index < -0.39 is 23.9 Å². The van der Waals surface area contributed by atoms with Crippen molar-refractivity contribution >= 4 is 70.3 Å². The van der Waals surface area contributed by atoms with Crippen molar-refractivity contribution in [3.8, 4) is 0 Å². The third-order valence-corrected chi connectivity index (χ3v) is 5.69. The average Bonchev–Trinajstić information content (AvgIpc) is 2.90. The van der Waals surface area contributed by atoms with E-state index in [0.717, 1.165) is 0 Å². The van der Waals surface area contributed by atoms with E-state index in [1.807, 2.05) is 0 Å². The number of aromatic carboxylic acids is 4. The summed E-state index contributed by atoms with van der Waals surface area (Å²) in [5.74, 6) is -4.98. The number of benzene rings is 4. The van der Waals surface area contributed by atoms with Crippen LogP contribution in [0.2, 0.25) is 20.1 Å². The first-order chi connectivity index (χ1) is 18.9. The Hall–Kier alpha value is -3.03. The van der Waals surface area contributed by atoms with Crippen LogP contribution in [0.3, 0.4) is 0 Å². The van der Waals surface area contributed by atoms with E-state index in [2.05, 4.69) is 0 Å². The molecule has 4 aromatic carbocycles. The second-order valence-electron chi connectivity index (χ2n) is 7.07. The number of carboxylic acid groups (broad SMARTS) is 4. The molecule has 208 valence electrons. The van der Waals surface area contributed by atoms with Gasteiger partial charge in [0.25, 0.3) is 0 Å². The SMILES string of the molecule is O=C([O-])c1ccccc1Cl.O=C([O-])c1ccccc1Cl.O=C([O-])c1ccccc1Cl.O=C([O-])c1ccccc1Cl.[U+4]. The summed E-state index contributed by atoms with van der Waals surface area (Å²) >= 11 is 22.0. The molecular formula is C28H16Cl4O8U. The van der Waals surface area contributed by atoms with Gasteiger partial charge < -0.3 is 39.6 Å². The van der Waals surface area contributed by atoms with Gasteiger partial charge in [0.1, 0.15) is 0 Å². The summed E-state index contributed by atoms with van der Waals surface area (Å²) in [7, 11) is 0. The Morgan fingerprint density at radius 1 is 0.366 bits per heavy atom. The van der Waals surface area contributed by atoms with Crippen LogP contribution in [0.4, 0.5) is 0 Å². The number of carbonyl (C=O) groups is 4. The second-order valence-corrected chi connectivity index (χ2v) is 8.70. The minimum atomic E-state index is -1.24. The van der Waals surface area contributed by atoms with Crippen LogP contribution in [-0.4, -0.2) is 23.9 Å². The van der Waals surface area contributed by atoms with Crippen molar-refractivity contribution in [3.05, 3.63) is 139 Å². The maximum absolute atomic E-state index is 10.2. The smallest absolute Gasteiger partial charge is 0.545 e. The van der Waals surface area contributed by atoms with Crippen molar-refractivity contribution in [3.63, 3.8) is 0 Å². The Bertz CT molecular complexity index is 1260. The monoisotopic (exact) mass is 858 g/mol. The van der Waals surface area contributed by atoms with Gasteiger partial charge in [-0.25, -0.2) is 0 Å². The summed E-state index contributed by atoms with van der Waals surface area (Å²) < 4.78 is 0. The van der Waals surface area contributed by atoms with E-state index in [1.165, 1.54) is 48.5 Å². The number of carboxylic acids is 4. The third-order valence-electron chi connectivity index (χ3n) is 4.38. The number of hydrogen-bond acceptors (Lipinski definition) is 8. The molecule has 0 saturated heterocycles. The van der Waals surface area contributed by atoms with Crippen molar-refractivity contribution < 1.29 is 70.7 Å². The molecule has 0 radical (unpaired) electrons. The molecule has 0 amide bonds. The molecule has 0 fully saturated rings. The van der Waals surface area contributed by atoms with E-state index in [-0.39, 0.29) is 73.5 Å². The van der Waals surface area contributed by atoms with Gasteiger partial charge in [0.2, 0.25) is 0 Å². The van der Waals surface area contributed by atoms with Gasteiger partial charge in [-0.05, 0) is 24.3 Å². The molecule has 41 heavy (non-hydrogen) atoms. The molecule has 0 N–H and O–H groups in total. The summed E-state index contributed by atoms with van der Waals surface area (Å²) in [5.41, 5.74) is 0.127. The van der Waals surface area contributed by atoms with Crippen molar-refractivity contribution in [2.45, 2.75) is 0 Å². The number of halogens is 4. The average molecular weight is 860 g/mol. The Kier molecular flexibility index (Phi) is 18.5. The number of rotatable bonds is 4.